The van der Waals surface area contributed by atoms with Crippen molar-refractivity contribution >= 4 is 24.0 Å². The number of hydrogen-bond acceptors (Lipinski definition) is 8. The number of rotatable bonds is 11. The lowest BCUT2D eigenvalue weighted by molar-refractivity contribution is -0.136. The third-order valence-electron chi connectivity index (χ3n) is 13.7. The fraction of sp³-hybridized carbons (Fsp3) is 0.532. The SMILES string of the molecule is COC(=O)NC(C(=O)N1CCCC1c1nc(-c2ccc(-c3ccc(-c4c[nH]c(C5CCCN5C(=O)C(NC(=O)OC)C(C)C)n4)c4c3C3(CCCC3)CC4)cc2)c[nH]1)C(C)C. The lowest BCUT2D eigenvalue weighted by Crippen LogP contribution is -2.51. The molecule has 2 saturated heterocycles. The van der Waals surface area contributed by atoms with Gasteiger partial charge in [-0.1, -0.05) is 76.9 Å². The molecular weight excluding hydrogens is 773 g/mol. The summed E-state index contributed by atoms with van der Waals surface area (Å²) >= 11 is 0. The molecule has 4 heterocycles. The van der Waals surface area contributed by atoms with Crippen LogP contribution in [0.3, 0.4) is 0 Å². The predicted octanol–water partition coefficient (Wildman–Crippen LogP) is 7.98. The Kier molecular flexibility index (Phi) is 12.0. The highest BCUT2D eigenvalue weighted by Gasteiger charge is 2.44. The van der Waals surface area contributed by atoms with Gasteiger partial charge in [-0.05, 0) is 90.9 Å². The fourth-order valence-electron chi connectivity index (χ4n) is 10.5. The van der Waals surface area contributed by atoms with E-state index in [0.29, 0.717) is 13.1 Å². The summed E-state index contributed by atoms with van der Waals surface area (Å²) in [6.45, 7) is 8.88. The number of ether oxygens (including phenoxy) is 2. The van der Waals surface area contributed by atoms with Crippen LogP contribution >= 0.6 is 0 Å². The molecule has 4 atom stereocenters. The normalized spacial score (nSPS) is 20.3. The van der Waals surface area contributed by atoms with Crippen molar-refractivity contribution < 1.29 is 28.7 Å². The Balaban J connectivity index is 1.04. The molecule has 0 bridgehead atoms. The van der Waals surface area contributed by atoms with E-state index in [1.807, 2.05) is 49.9 Å². The molecule has 4 unspecified atom stereocenters. The van der Waals surface area contributed by atoms with Crippen molar-refractivity contribution in [1.82, 2.24) is 40.4 Å². The summed E-state index contributed by atoms with van der Waals surface area (Å²) in [7, 11) is 2.61. The minimum Gasteiger partial charge on any atom is -0.453 e. The Morgan fingerprint density at radius 3 is 1.69 bits per heavy atom. The average Bonchev–Trinajstić information content (AvgIpc) is 4.13. The summed E-state index contributed by atoms with van der Waals surface area (Å²) in [6, 6.07) is 11.4. The molecule has 1 saturated carbocycles. The molecule has 4 amide bonds. The minimum absolute atomic E-state index is 0.104. The van der Waals surface area contributed by atoms with E-state index < -0.39 is 24.3 Å². The first kappa shape index (κ1) is 42.0. The van der Waals surface area contributed by atoms with Gasteiger partial charge < -0.3 is 39.9 Å². The van der Waals surface area contributed by atoms with E-state index in [-0.39, 0.29) is 41.1 Å². The average molecular weight is 833 g/mol. The smallest absolute Gasteiger partial charge is 0.407 e. The van der Waals surface area contributed by atoms with Gasteiger partial charge in [0, 0.05) is 36.6 Å². The number of imidazole rings is 2. The molecule has 324 valence electrons. The molecule has 2 aliphatic carbocycles. The number of fused-ring (bicyclic) bond motifs is 2. The number of nitrogens with one attached hydrogen (secondary N) is 4. The number of nitrogens with zero attached hydrogens (tertiary/aromatic N) is 4. The first-order chi connectivity index (χ1) is 29.4. The number of aromatic amines is 2. The highest BCUT2D eigenvalue weighted by Crippen LogP contribution is 2.55. The van der Waals surface area contributed by atoms with Gasteiger partial charge in [0.25, 0.3) is 0 Å². The number of hydrogen-bond donors (Lipinski definition) is 4. The van der Waals surface area contributed by atoms with Crippen LogP contribution in [0, 0.1) is 11.8 Å². The van der Waals surface area contributed by atoms with Crippen molar-refractivity contribution in [1.29, 1.82) is 0 Å². The van der Waals surface area contributed by atoms with E-state index in [0.717, 1.165) is 72.7 Å². The molecular formula is C47H60N8O6. The van der Waals surface area contributed by atoms with Crippen LogP contribution in [0.4, 0.5) is 9.59 Å². The van der Waals surface area contributed by atoms with E-state index in [9.17, 15) is 19.2 Å². The molecule has 8 rings (SSSR count). The zero-order valence-electron chi connectivity index (χ0n) is 36.3. The molecule has 14 nitrogen and oxygen atoms in total. The van der Waals surface area contributed by atoms with Crippen molar-refractivity contribution in [3.63, 3.8) is 0 Å². The number of methoxy groups -OCH3 is 2. The summed E-state index contributed by atoms with van der Waals surface area (Å²) in [4.78, 5) is 72.4. The van der Waals surface area contributed by atoms with Crippen molar-refractivity contribution in [3.05, 3.63) is 71.6 Å². The van der Waals surface area contributed by atoms with E-state index in [4.69, 9.17) is 19.4 Å². The maximum Gasteiger partial charge on any atom is 0.407 e. The number of carbonyl (C=O) groups is 4. The number of likely N-dealkylation sites (tertiary alicyclic amines) is 2. The molecule has 2 aromatic carbocycles. The molecule has 4 aliphatic rings. The van der Waals surface area contributed by atoms with E-state index in [2.05, 4.69) is 57.0 Å². The molecule has 2 aromatic heterocycles. The van der Waals surface area contributed by atoms with Gasteiger partial charge in [0.2, 0.25) is 11.8 Å². The number of alkyl carbamates (subject to hydrolysis) is 2. The van der Waals surface area contributed by atoms with Gasteiger partial charge in [0.15, 0.2) is 0 Å². The number of benzene rings is 2. The van der Waals surface area contributed by atoms with Gasteiger partial charge in [-0.25, -0.2) is 19.6 Å². The summed E-state index contributed by atoms with van der Waals surface area (Å²) in [5.41, 5.74) is 9.27. The minimum atomic E-state index is -0.687. The molecule has 4 aromatic rings. The second-order valence-corrected chi connectivity index (χ2v) is 18.0. The van der Waals surface area contributed by atoms with Crippen LogP contribution in [0.2, 0.25) is 0 Å². The maximum atomic E-state index is 13.8. The Morgan fingerprint density at radius 2 is 1.16 bits per heavy atom. The van der Waals surface area contributed by atoms with Crippen molar-refractivity contribution in [2.45, 2.75) is 121 Å². The molecule has 1 spiro atoms. The van der Waals surface area contributed by atoms with Crippen LogP contribution in [0.25, 0.3) is 33.6 Å². The predicted molar refractivity (Wildman–Crippen MR) is 231 cm³/mol. The van der Waals surface area contributed by atoms with Gasteiger partial charge in [-0.2, -0.15) is 0 Å². The number of H-pyrrole nitrogens is 2. The summed E-state index contributed by atoms with van der Waals surface area (Å²) in [5, 5.41) is 5.47. The fourth-order valence-corrected chi connectivity index (χ4v) is 10.5. The van der Waals surface area contributed by atoms with Crippen molar-refractivity contribution in [2.24, 2.45) is 11.8 Å². The number of amides is 4. The number of aromatic nitrogens is 4. The Morgan fingerprint density at radius 1 is 0.672 bits per heavy atom. The Bertz CT molecular complexity index is 2260. The van der Waals surface area contributed by atoms with Crippen LogP contribution in [-0.4, -0.2) is 93.1 Å². The Labute approximate surface area is 358 Å². The molecule has 14 heteroatoms. The summed E-state index contributed by atoms with van der Waals surface area (Å²) in [5.74, 6) is 1.06. The van der Waals surface area contributed by atoms with Crippen LogP contribution in [0.1, 0.15) is 120 Å². The van der Waals surface area contributed by atoms with Gasteiger partial charge in [0.05, 0.1) is 37.7 Å². The van der Waals surface area contributed by atoms with Gasteiger partial charge in [-0.15, -0.1) is 0 Å². The molecule has 61 heavy (non-hydrogen) atoms. The number of carbonyl (C=O) groups excluding carboxylic acids is 4. The zero-order chi connectivity index (χ0) is 43.0. The first-order valence-electron chi connectivity index (χ1n) is 22.1. The lowest BCUT2D eigenvalue weighted by atomic mass is 9.76. The standard InChI is InChI=1S/C47H60N8O6/c1-27(2)39(52-45(58)60-5)43(56)54-23-9-11-36(54)41-48-25-34(50-41)30-15-13-29(14-16-30)31-17-18-32(33-19-22-47(38(31)33)20-7-8-21-47)35-26-49-42(51-35)37-12-10-24-55(37)44(57)40(28(3)4)53-46(59)61-6/h13-18,25-28,36-37,39-40H,7-12,19-24H2,1-6H3,(H,48,50)(H,49,51)(H,52,58)(H,53,59). The van der Waals surface area contributed by atoms with Crippen molar-refractivity contribution in [3.8, 4) is 33.6 Å². The van der Waals surface area contributed by atoms with Crippen LogP contribution in [0.15, 0.2) is 48.8 Å². The topological polar surface area (TPSA) is 175 Å². The molecule has 0 radical (unpaired) electrons. The monoisotopic (exact) mass is 832 g/mol. The third-order valence-corrected chi connectivity index (χ3v) is 13.7. The first-order valence-corrected chi connectivity index (χ1v) is 22.1. The quantitative estimate of drug-likeness (QED) is 0.118. The molecule has 2 aliphatic heterocycles. The van der Waals surface area contributed by atoms with Gasteiger partial charge >= 0.3 is 12.2 Å². The maximum absolute atomic E-state index is 13.8. The highest BCUT2D eigenvalue weighted by molar-refractivity contribution is 5.87. The lowest BCUT2D eigenvalue weighted by Gasteiger charge is -2.30. The van der Waals surface area contributed by atoms with Gasteiger partial charge in [-0.3, -0.25) is 9.59 Å². The molecule has 4 N–H and O–H groups in total. The summed E-state index contributed by atoms with van der Waals surface area (Å²) in [6.07, 6.45) is 12.9. The molecule has 3 fully saturated rings. The van der Waals surface area contributed by atoms with E-state index >= 15 is 0 Å². The summed E-state index contributed by atoms with van der Waals surface area (Å²) < 4.78 is 9.62. The van der Waals surface area contributed by atoms with Crippen LogP contribution in [0.5, 0.6) is 0 Å². The largest absolute Gasteiger partial charge is 0.453 e. The Hall–Kier alpha value is -5.66. The van der Waals surface area contributed by atoms with Crippen LogP contribution < -0.4 is 10.6 Å². The van der Waals surface area contributed by atoms with Crippen molar-refractivity contribution in [2.75, 3.05) is 27.3 Å². The second-order valence-electron chi connectivity index (χ2n) is 18.0. The van der Waals surface area contributed by atoms with E-state index in [1.54, 1.807) is 0 Å². The van der Waals surface area contributed by atoms with Gasteiger partial charge in [0.1, 0.15) is 23.7 Å². The zero-order valence-corrected chi connectivity index (χ0v) is 36.3. The van der Waals surface area contributed by atoms with E-state index in [1.165, 1.54) is 62.2 Å². The highest BCUT2D eigenvalue weighted by atomic mass is 16.5. The second kappa shape index (κ2) is 17.4. The third kappa shape index (κ3) is 8.01. The van der Waals surface area contributed by atoms with Crippen LogP contribution in [-0.2, 0) is 30.9 Å².